The van der Waals surface area contributed by atoms with Crippen molar-refractivity contribution in [3.05, 3.63) is 80.4 Å². The van der Waals surface area contributed by atoms with Gasteiger partial charge in [-0.1, -0.05) is 52.0 Å². The van der Waals surface area contributed by atoms with E-state index in [1.54, 1.807) is 13.0 Å². The van der Waals surface area contributed by atoms with Gasteiger partial charge in [0.05, 0.1) is 5.69 Å². The van der Waals surface area contributed by atoms with Crippen LogP contribution >= 0.6 is 34.7 Å². The lowest BCUT2D eigenvalue weighted by Gasteiger charge is -2.19. The molecule has 2 heterocycles. The van der Waals surface area contributed by atoms with Gasteiger partial charge in [0, 0.05) is 39.6 Å². The number of hydrogen-bond acceptors (Lipinski definition) is 4. The highest BCUT2D eigenvalue weighted by Crippen LogP contribution is 2.35. The van der Waals surface area contributed by atoms with Crippen LogP contribution in [-0.2, 0) is 0 Å². The van der Waals surface area contributed by atoms with Crippen molar-refractivity contribution in [3.8, 4) is 0 Å². The van der Waals surface area contributed by atoms with Gasteiger partial charge >= 0.3 is 0 Å². The summed E-state index contributed by atoms with van der Waals surface area (Å²) in [5.41, 5.74) is 3.60. The van der Waals surface area contributed by atoms with Crippen LogP contribution in [0.25, 0.3) is 10.9 Å². The number of amides is 1. The fraction of sp³-hybridized carbons (Fsp3) is 0.150. The van der Waals surface area contributed by atoms with E-state index in [9.17, 15) is 4.79 Å². The average molecular weight is 431 g/mol. The minimum atomic E-state index is -0.192. The third-order valence-corrected chi connectivity index (χ3v) is 6.05. The second kappa shape index (κ2) is 7.91. The number of aromatic amines is 1. The Bertz CT molecular complexity index is 1150. The highest BCUT2D eigenvalue weighted by Gasteiger charge is 2.23. The molecule has 0 aliphatic rings. The van der Waals surface area contributed by atoms with Crippen LogP contribution in [0, 0.1) is 6.92 Å². The molecule has 0 spiro atoms. The van der Waals surface area contributed by atoms with Gasteiger partial charge in [-0.25, -0.2) is 0 Å². The van der Waals surface area contributed by atoms with Crippen molar-refractivity contribution in [2.75, 3.05) is 6.54 Å². The lowest BCUT2D eigenvalue weighted by molar-refractivity contribution is 0.0955. The van der Waals surface area contributed by atoms with E-state index < -0.39 is 0 Å². The van der Waals surface area contributed by atoms with Crippen LogP contribution in [0.1, 0.15) is 32.4 Å². The van der Waals surface area contributed by atoms with E-state index in [0.29, 0.717) is 27.2 Å². The molecule has 0 radical (unpaired) electrons. The van der Waals surface area contributed by atoms with Gasteiger partial charge in [0.1, 0.15) is 4.88 Å². The van der Waals surface area contributed by atoms with Crippen molar-refractivity contribution in [2.45, 2.75) is 12.8 Å². The number of H-pyrrole nitrogens is 1. The number of aromatic nitrogens is 3. The number of nitrogens with zero attached hydrogens (tertiary/aromatic N) is 2. The second-order valence-electron chi connectivity index (χ2n) is 6.41. The average Bonchev–Trinajstić information content (AvgIpc) is 3.29. The van der Waals surface area contributed by atoms with Crippen molar-refractivity contribution in [1.82, 2.24) is 19.9 Å². The first-order valence-corrected chi connectivity index (χ1v) is 10.2. The Labute approximate surface area is 175 Å². The standard InChI is InChI=1S/C20H16Cl2N4OS/c1-11-19(28-26-25-11)20(27)24-10-15(13-7-6-12(21)8-17(13)22)16-9-23-18-5-3-2-4-14(16)18/h2-9,15,23H,10H2,1H3,(H,24,27). The first-order chi connectivity index (χ1) is 13.5. The zero-order valence-electron chi connectivity index (χ0n) is 14.9. The molecule has 0 fully saturated rings. The summed E-state index contributed by atoms with van der Waals surface area (Å²) >= 11 is 13.7. The van der Waals surface area contributed by atoms with Crippen molar-refractivity contribution in [3.63, 3.8) is 0 Å². The molecule has 1 unspecified atom stereocenters. The number of para-hydroxylation sites is 1. The highest BCUT2D eigenvalue weighted by molar-refractivity contribution is 7.08. The van der Waals surface area contributed by atoms with Crippen molar-refractivity contribution in [2.24, 2.45) is 0 Å². The number of carbonyl (C=O) groups is 1. The first-order valence-electron chi connectivity index (χ1n) is 8.62. The lowest BCUT2D eigenvalue weighted by Crippen LogP contribution is -2.29. The fourth-order valence-electron chi connectivity index (χ4n) is 3.27. The van der Waals surface area contributed by atoms with Crippen LogP contribution in [0.15, 0.2) is 48.7 Å². The fourth-order valence-corrected chi connectivity index (χ4v) is 4.38. The first kappa shape index (κ1) is 18.9. The molecule has 2 aromatic carbocycles. The van der Waals surface area contributed by atoms with Gasteiger partial charge in [-0.2, -0.15) is 0 Å². The Morgan fingerprint density at radius 1 is 1.21 bits per heavy atom. The van der Waals surface area contributed by atoms with Crippen molar-refractivity contribution >= 4 is 51.5 Å². The maximum absolute atomic E-state index is 12.6. The number of carbonyl (C=O) groups excluding carboxylic acids is 1. The number of aryl methyl sites for hydroxylation is 1. The summed E-state index contributed by atoms with van der Waals surface area (Å²) < 4.78 is 3.83. The van der Waals surface area contributed by atoms with Gasteiger partial charge in [-0.05, 0) is 47.8 Å². The molecule has 4 aromatic rings. The molecule has 5 nitrogen and oxygen atoms in total. The van der Waals surface area contributed by atoms with Crippen LogP contribution in [-0.4, -0.2) is 27.0 Å². The molecule has 0 aliphatic carbocycles. The van der Waals surface area contributed by atoms with E-state index in [1.165, 1.54) is 0 Å². The predicted molar refractivity (Wildman–Crippen MR) is 114 cm³/mol. The molecule has 28 heavy (non-hydrogen) atoms. The van der Waals surface area contributed by atoms with Crippen molar-refractivity contribution in [1.29, 1.82) is 0 Å². The minimum absolute atomic E-state index is 0.147. The minimum Gasteiger partial charge on any atom is -0.361 e. The summed E-state index contributed by atoms with van der Waals surface area (Å²) in [6.45, 7) is 2.14. The van der Waals surface area contributed by atoms with Gasteiger partial charge in [-0.15, -0.1) is 5.10 Å². The highest BCUT2D eigenvalue weighted by atomic mass is 35.5. The van der Waals surface area contributed by atoms with Gasteiger partial charge in [0.25, 0.3) is 5.91 Å². The molecule has 0 bridgehead atoms. The SMILES string of the molecule is Cc1nnsc1C(=O)NCC(c1ccc(Cl)cc1Cl)c1c[nH]c2ccccc12. The number of fused-ring (bicyclic) bond motifs is 1. The summed E-state index contributed by atoms with van der Waals surface area (Å²) in [4.78, 5) is 16.4. The number of nitrogens with one attached hydrogen (secondary N) is 2. The van der Waals surface area contributed by atoms with Gasteiger partial charge in [0.2, 0.25) is 0 Å². The van der Waals surface area contributed by atoms with Gasteiger partial charge in [-0.3, -0.25) is 4.79 Å². The van der Waals surface area contributed by atoms with Gasteiger partial charge < -0.3 is 10.3 Å². The van der Waals surface area contributed by atoms with E-state index in [2.05, 4.69) is 26.0 Å². The van der Waals surface area contributed by atoms with Gasteiger partial charge in [0.15, 0.2) is 0 Å². The molecule has 0 saturated carbocycles. The smallest absolute Gasteiger partial charge is 0.264 e. The molecular formula is C20H16Cl2N4OS. The van der Waals surface area contributed by atoms with Crippen LogP contribution in [0.4, 0.5) is 0 Å². The molecule has 1 atom stereocenters. The van der Waals surface area contributed by atoms with Crippen LogP contribution in [0.3, 0.4) is 0 Å². The zero-order valence-corrected chi connectivity index (χ0v) is 17.2. The summed E-state index contributed by atoms with van der Waals surface area (Å²) in [6, 6.07) is 13.5. The third-order valence-electron chi connectivity index (χ3n) is 4.66. The number of rotatable bonds is 5. The Kier molecular flexibility index (Phi) is 5.35. The molecule has 1 amide bonds. The Hall–Kier alpha value is -2.41. The largest absolute Gasteiger partial charge is 0.361 e. The van der Waals surface area contributed by atoms with Crippen molar-refractivity contribution < 1.29 is 4.79 Å². The number of benzene rings is 2. The molecular weight excluding hydrogens is 415 g/mol. The summed E-state index contributed by atoms with van der Waals surface area (Å²) in [6.07, 6.45) is 1.96. The Morgan fingerprint density at radius 3 is 2.79 bits per heavy atom. The maximum atomic E-state index is 12.6. The van der Waals surface area contributed by atoms with Crippen LogP contribution < -0.4 is 5.32 Å². The summed E-state index contributed by atoms with van der Waals surface area (Å²) in [5, 5.41) is 9.13. The molecule has 8 heteroatoms. The van der Waals surface area contributed by atoms with E-state index in [0.717, 1.165) is 33.6 Å². The summed E-state index contributed by atoms with van der Waals surface area (Å²) in [5.74, 6) is -0.339. The third kappa shape index (κ3) is 3.63. The topological polar surface area (TPSA) is 70.7 Å². The lowest BCUT2D eigenvalue weighted by atomic mass is 9.90. The quantitative estimate of drug-likeness (QED) is 0.457. The molecule has 0 saturated heterocycles. The van der Waals surface area contributed by atoms with E-state index in [4.69, 9.17) is 23.2 Å². The van der Waals surface area contributed by atoms with E-state index >= 15 is 0 Å². The zero-order chi connectivity index (χ0) is 19.7. The second-order valence-corrected chi connectivity index (χ2v) is 8.00. The normalized spacial score (nSPS) is 12.2. The van der Waals surface area contributed by atoms with E-state index in [1.807, 2.05) is 36.5 Å². The van der Waals surface area contributed by atoms with Crippen LogP contribution in [0.5, 0.6) is 0 Å². The predicted octanol–water partition coefficient (Wildman–Crippen LogP) is 5.20. The molecule has 2 aromatic heterocycles. The monoisotopic (exact) mass is 430 g/mol. The summed E-state index contributed by atoms with van der Waals surface area (Å²) in [7, 11) is 0. The molecule has 2 N–H and O–H groups in total. The molecule has 0 aliphatic heterocycles. The maximum Gasteiger partial charge on any atom is 0.264 e. The molecule has 142 valence electrons. The molecule has 4 rings (SSSR count). The Balaban J connectivity index is 1.71. The van der Waals surface area contributed by atoms with E-state index in [-0.39, 0.29) is 11.8 Å². The number of halogens is 2. The van der Waals surface area contributed by atoms with Crippen LogP contribution in [0.2, 0.25) is 10.0 Å². The number of hydrogen-bond donors (Lipinski definition) is 2. The Morgan fingerprint density at radius 2 is 2.04 bits per heavy atom.